The van der Waals surface area contributed by atoms with Crippen LogP contribution in [0.4, 0.5) is 5.82 Å². The van der Waals surface area contributed by atoms with Crippen LogP contribution in [0.1, 0.15) is 6.42 Å². The van der Waals surface area contributed by atoms with Gasteiger partial charge in [0.15, 0.2) is 0 Å². The summed E-state index contributed by atoms with van der Waals surface area (Å²) in [6.45, 7) is 0. The fourth-order valence-electron chi connectivity index (χ4n) is 1.30. The fraction of sp³-hybridized carbons (Fsp3) is 0.500. The van der Waals surface area contributed by atoms with Gasteiger partial charge in [0.25, 0.3) is 5.56 Å². The lowest BCUT2D eigenvalue weighted by molar-refractivity contribution is 0.804. The highest BCUT2D eigenvalue weighted by atomic mass is 32.2. The zero-order valence-corrected chi connectivity index (χ0v) is 7.93. The fourth-order valence-corrected chi connectivity index (χ4v) is 2.46. The van der Waals surface area contributed by atoms with Crippen molar-refractivity contribution in [2.24, 2.45) is 0 Å². The van der Waals surface area contributed by atoms with Gasteiger partial charge in [-0.1, -0.05) is 0 Å². The van der Waals surface area contributed by atoms with Crippen molar-refractivity contribution in [3.8, 4) is 0 Å². The predicted octanol–water partition coefficient (Wildman–Crippen LogP) is 0.687. The minimum Gasteiger partial charge on any atom is -0.366 e. The first kappa shape index (κ1) is 8.62. The molecule has 0 bridgehead atoms. The molecule has 0 radical (unpaired) electrons. The van der Waals surface area contributed by atoms with E-state index in [1.165, 1.54) is 18.1 Å². The van der Waals surface area contributed by atoms with E-state index in [0.29, 0.717) is 11.9 Å². The molecular formula is C8H11N3OS. The molecule has 1 aliphatic heterocycles. The lowest BCUT2D eigenvalue weighted by Crippen LogP contribution is -2.20. The Morgan fingerprint density at radius 2 is 2.62 bits per heavy atom. The van der Waals surface area contributed by atoms with Crippen molar-refractivity contribution in [1.29, 1.82) is 0 Å². The summed E-state index contributed by atoms with van der Waals surface area (Å²) in [6.07, 6.45) is 2.58. The van der Waals surface area contributed by atoms with Crippen LogP contribution >= 0.6 is 11.8 Å². The molecule has 0 aliphatic carbocycles. The van der Waals surface area contributed by atoms with Gasteiger partial charge in [-0.2, -0.15) is 11.8 Å². The number of hydrogen-bond donors (Lipinski definition) is 2. The van der Waals surface area contributed by atoms with Crippen LogP contribution in [0.15, 0.2) is 17.2 Å². The number of nitrogens with zero attached hydrogens (tertiary/aromatic N) is 1. The Morgan fingerprint density at radius 1 is 1.69 bits per heavy atom. The molecule has 2 heterocycles. The average molecular weight is 197 g/mol. The summed E-state index contributed by atoms with van der Waals surface area (Å²) in [5.74, 6) is 2.98. The first-order valence-corrected chi connectivity index (χ1v) is 5.39. The van der Waals surface area contributed by atoms with Crippen LogP contribution in [0.25, 0.3) is 0 Å². The third-order valence-electron chi connectivity index (χ3n) is 1.96. The number of thioether (sulfide) groups is 1. The number of nitrogens with one attached hydrogen (secondary N) is 2. The third kappa shape index (κ3) is 2.24. The van der Waals surface area contributed by atoms with Crippen LogP contribution in [0.2, 0.25) is 0 Å². The maximum Gasteiger partial charge on any atom is 0.252 e. The molecule has 0 saturated carbocycles. The molecule has 1 aliphatic rings. The van der Waals surface area contributed by atoms with Crippen LogP contribution in [0.3, 0.4) is 0 Å². The molecule has 70 valence electrons. The molecule has 2 rings (SSSR count). The first-order chi connectivity index (χ1) is 6.34. The zero-order valence-electron chi connectivity index (χ0n) is 7.12. The maximum atomic E-state index is 10.9. The Balaban J connectivity index is 2.04. The van der Waals surface area contributed by atoms with Crippen LogP contribution < -0.4 is 10.9 Å². The molecule has 4 nitrogen and oxygen atoms in total. The highest BCUT2D eigenvalue weighted by Crippen LogP contribution is 2.19. The number of anilines is 1. The third-order valence-corrected chi connectivity index (χ3v) is 3.12. The van der Waals surface area contributed by atoms with E-state index in [-0.39, 0.29) is 5.56 Å². The van der Waals surface area contributed by atoms with Gasteiger partial charge in [-0.3, -0.25) is 4.79 Å². The van der Waals surface area contributed by atoms with Crippen molar-refractivity contribution in [2.75, 3.05) is 16.8 Å². The van der Waals surface area contributed by atoms with Crippen molar-refractivity contribution in [3.63, 3.8) is 0 Å². The first-order valence-electron chi connectivity index (χ1n) is 4.23. The van der Waals surface area contributed by atoms with E-state index in [1.807, 2.05) is 11.8 Å². The Kier molecular flexibility index (Phi) is 2.54. The number of H-pyrrole nitrogens is 1. The van der Waals surface area contributed by atoms with Gasteiger partial charge in [0.2, 0.25) is 0 Å². The quantitative estimate of drug-likeness (QED) is 0.732. The van der Waals surface area contributed by atoms with Crippen LogP contribution in [-0.4, -0.2) is 27.5 Å². The summed E-state index contributed by atoms with van der Waals surface area (Å²) >= 11 is 1.93. The Hall–Kier alpha value is -0.970. The monoisotopic (exact) mass is 197 g/mol. The predicted molar refractivity (Wildman–Crippen MR) is 54.2 cm³/mol. The molecule has 1 aromatic rings. The maximum absolute atomic E-state index is 10.9. The largest absolute Gasteiger partial charge is 0.366 e. The van der Waals surface area contributed by atoms with Gasteiger partial charge in [0.05, 0.1) is 6.33 Å². The molecule has 1 atom stereocenters. The van der Waals surface area contributed by atoms with E-state index in [2.05, 4.69) is 15.3 Å². The topological polar surface area (TPSA) is 57.8 Å². The Morgan fingerprint density at radius 3 is 3.31 bits per heavy atom. The summed E-state index contributed by atoms with van der Waals surface area (Å²) in [7, 11) is 0. The minimum absolute atomic E-state index is 0.108. The van der Waals surface area contributed by atoms with E-state index in [4.69, 9.17) is 0 Å². The van der Waals surface area contributed by atoms with Gasteiger partial charge in [-0.05, 0) is 12.2 Å². The Labute approximate surface area is 80.2 Å². The normalized spacial score (nSPS) is 21.7. The summed E-state index contributed by atoms with van der Waals surface area (Å²) in [6, 6.07) is 1.96. The molecule has 1 fully saturated rings. The van der Waals surface area contributed by atoms with Crippen molar-refractivity contribution >= 4 is 17.6 Å². The van der Waals surface area contributed by atoms with E-state index < -0.39 is 0 Å². The van der Waals surface area contributed by atoms with Crippen LogP contribution in [-0.2, 0) is 0 Å². The number of rotatable bonds is 2. The highest BCUT2D eigenvalue weighted by Gasteiger charge is 2.15. The van der Waals surface area contributed by atoms with Crippen molar-refractivity contribution < 1.29 is 0 Å². The van der Waals surface area contributed by atoms with E-state index in [9.17, 15) is 4.79 Å². The Bertz CT molecular complexity index is 332. The average Bonchev–Trinajstić information content (AvgIpc) is 2.57. The molecule has 1 unspecified atom stereocenters. The second kappa shape index (κ2) is 3.83. The number of aromatic nitrogens is 2. The molecule has 0 spiro atoms. The van der Waals surface area contributed by atoms with Crippen molar-refractivity contribution in [3.05, 3.63) is 22.7 Å². The smallest absolute Gasteiger partial charge is 0.252 e. The molecule has 2 N–H and O–H groups in total. The molecule has 5 heteroatoms. The van der Waals surface area contributed by atoms with Crippen LogP contribution in [0.5, 0.6) is 0 Å². The number of hydrogen-bond acceptors (Lipinski definition) is 4. The summed E-state index contributed by atoms with van der Waals surface area (Å²) in [5, 5.41) is 3.23. The summed E-state index contributed by atoms with van der Waals surface area (Å²) in [5.41, 5.74) is -0.108. The second-order valence-electron chi connectivity index (χ2n) is 3.00. The lowest BCUT2D eigenvalue weighted by Gasteiger charge is -2.10. The van der Waals surface area contributed by atoms with Gasteiger partial charge < -0.3 is 10.3 Å². The summed E-state index contributed by atoms with van der Waals surface area (Å²) < 4.78 is 0. The lowest BCUT2D eigenvalue weighted by atomic mass is 10.2. The molecule has 0 aromatic carbocycles. The second-order valence-corrected chi connectivity index (χ2v) is 4.15. The molecule has 13 heavy (non-hydrogen) atoms. The standard InChI is InChI=1S/C8H11N3OS/c12-8-3-7(9-5-10-8)11-6-1-2-13-4-6/h3,5-6H,1-2,4H2,(H2,9,10,11,12). The van der Waals surface area contributed by atoms with E-state index in [0.717, 1.165) is 12.2 Å². The van der Waals surface area contributed by atoms with E-state index in [1.54, 1.807) is 0 Å². The summed E-state index contributed by atoms with van der Waals surface area (Å²) in [4.78, 5) is 17.4. The van der Waals surface area contributed by atoms with Crippen LogP contribution in [0, 0.1) is 0 Å². The van der Waals surface area contributed by atoms with Gasteiger partial charge in [-0.15, -0.1) is 0 Å². The van der Waals surface area contributed by atoms with Gasteiger partial charge in [-0.25, -0.2) is 4.98 Å². The number of aromatic amines is 1. The molecule has 1 saturated heterocycles. The SMILES string of the molecule is O=c1cc(NC2CCSC2)nc[nH]1. The van der Waals surface area contributed by atoms with E-state index >= 15 is 0 Å². The molecule has 0 amide bonds. The molecule has 1 aromatic heterocycles. The highest BCUT2D eigenvalue weighted by molar-refractivity contribution is 7.99. The van der Waals surface area contributed by atoms with Gasteiger partial charge in [0.1, 0.15) is 5.82 Å². The van der Waals surface area contributed by atoms with Gasteiger partial charge >= 0.3 is 0 Å². The van der Waals surface area contributed by atoms with Crippen molar-refractivity contribution in [1.82, 2.24) is 9.97 Å². The minimum atomic E-state index is -0.108. The zero-order chi connectivity index (χ0) is 9.10. The van der Waals surface area contributed by atoms with Gasteiger partial charge in [0, 0.05) is 17.9 Å². The molecular weight excluding hydrogens is 186 g/mol. The van der Waals surface area contributed by atoms with Crippen molar-refractivity contribution in [2.45, 2.75) is 12.5 Å².